The fourth-order valence-electron chi connectivity index (χ4n) is 4.96. The first-order valence-corrected chi connectivity index (χ1v) is 16.9. The van der Waals surface area contributed by atoms with Gasteiger partial charge >= 0.3 is 0 Å². The van der Waals surface area contributed by atoms with Crippen LogP contribution in [0.25, 0.3) is 0 Å². The molecule has 0 fully saturated rings. The predicted octanol–water partition coefficient (Wildman–Crippen LogP) is 8.30. The maximum Gasteiger partial charge on any atom is 0.274 e. The van der Waals surface area contributed by atoms with Crippen LogP contribution in [0.15, 0.2) is 128 Å². The Balaban J connectivity index is 0.000000261. The molecule has 50 heavy (non-hydrogen) atoms. The molecular weight excluding hydrogens is 650 g/mol. The number of benzene rings is 4. The Morgan fingerprint density at radius 3 is 1.64 bits per heavy atom. The maximum absolute atomic E-state index is 11.5. The summed E-state index contributed by atoms with van der Waals surface area (Å²) in [5, 5.41) is 18.1. The Bertz CT molecular complexity index is 1720. The lowest BCUT2D eigenvalue weighted by atomic mass is 10.1. The molecule has 0 unspecified atom stereocenters. The first kappa shape index (κ1) is 39.4. The van der Waals surface area contributed by atoms with Crippen molar-refractivity contribution in [3.05, 3.63) is 166 Å². The second-order valence-corrected chi connectivity index (χ2v) is 11.8. The zero-order chi connectivity index (χ0) is 36.3. The first-order valence-electron chi connectivity index (χ1n) is 16.5. The van der Waals surface area contributed by atoms with Gasteiger partial charge in [-0.2, -0.15) is 0 Å². The highest BCUT2D eigenvalue weighted by Gasteiger charge is 2.13. The smallest absolute Gasteiger partial charge is 0.274 e. The van der Waals surface area contributed by atoms with Crippen LogP contribution in [0, 0.1) is 0 Å². The van der Waals surface area contributed by atoms with Crippen molar-refractivity contribution in [3.8, 4) is 0 Å². The average Bonchev–Trinajstić information content (AvgIpc) is 3.17. The molecular formula is C40H46ClN5O4. The molecule has 4 aromatic carbocycles. The van der Waals surface area contributed by atoms with Crippen molar-refractivity contribution in [2.45, 2.75) is 59.9 Å². The summed E-state index contributed by atoms with van der Waals surface area (Å²) in [7, 11) is 0. The maximum atomic E-state index is 11.5. The summed E-state index contributed by atoms with van der Waals surface area (Å²) >= 11 is 6.32. The van der Waals surface area contributed by atoms with Crippen LogP contribution < -0.4 is 15.9 Å². The van der Waals surface area contributed by atoms with Gasteiger partial charge in [-0.15, -0.1) is 0 Å². The molecule has 9 nitrogen and oxygen atoms in total. The summed E-state index contributed by atoms with van der Waals surface area (Å²) in [5.41, 5.74) is 9.57. The van der Waals surface area contributed by atoms with Crippen LogP contribution in [-0.2, 0) is 26.2 Å². The third kappa shape index (κ3) is 12.4. The number of pyridine rings is 1. The van der Waals surface area contributed by atoms with E-state index in [-0.39, 0.29) is 0 Å². The van der Waals surface area contributed by atoms with Crippen LogP contribution in [0.5, 0.6) is 0 Å². The fourth-order valence-corrected chi connectivity index (χ4v) is 5.15. The van der Waals surface area contributed by atoms with E-state index in [0.717, 1.165) is 40.5 Å². The number of aromatic nitrogens is 1. The van der Waals surface area contributed by atoms with Crippen LogP contribution >= 0.6 is 11.6 Å². The molecule has 1 aromatic heterocycles. The van der Waals surface area contributed by atoms with Gasteiger partial charge in [0.25, 0.3) is 11.8 Å². The molecule has 0 saturated carbocycles. The molecule has 4 N–H and O–H groups in total. The molecule has 5 rings (SSSR count). The number of amides is 2. The van der Waals surface area contributed by atoms with Crippen molar-refractivity contribution in [3.63, 3.8) is 0 Å². The third-order valence-electron chi connectivity index (χ3n) is 7.68. The van der Waals surface area contributed by atoms with E-state index in [1.807, 2.05) is 86.8 Å². The van der Waals surface area contributed by atoms with Gasteiger partial charge in [0.05, 0.1) is 11.9 Å². The average molecular weight is 696 g/mol. The highest BCUT2D eigenvalue weighted by molar-refractivity contribution is 6.31. The number of rotatable bonds is 12. The molecule has 0 saturated heterocycles. The Hall–Kier alpha value is -5.06. The molecule has 262 valence electrons. The van der Waals surface area contributed by atoms with E-state index in [2.05, 4.69) is 52.9 Å². The monoisotopic (exact) mass is 695 g/mol. The molecule has 0 spiro atoms. The number of hydrogen-bond donors (Lipinski definition) is 4. The molecule has 0 bridgehead atoms. The Morgan fingerprint density at radius 1 is 0.660 bits per heavy atom. The molecule has 5 aromatic rings. The summed E-state index contributed by atoms with van der Waals surface area (Å²) in [6.45, 7) is 11.3. The minimum Gasteiger partial charge on any atom is -0.362 e. The zero-order valence-corrected chi connectivity index (χ0v) is 29.7. The summed E-state index contributed by atoms with van der Waals surface area (Å²) in [5.74, 6) is -1.02. The Morgan fingerprint density at radius 2 is 1.16 bits per heavy atom. The van der Waals surface area contributed by atoms with Crippen molar-refractivity contribution >= 4 is 29.1 Å². The van der Waals surface area contributed by atoms with Gasteiger partial charge in [-0.05, 0) is 78.6 Å². The Labute approximate surface area is 300 Å². The van der Waals surface area contributed by atoms with E-state index in [4.69, 9.17) is 22.0 Å². The van der Waals surface area contributed by atoms with Crippen LogP contribution in [0.3, 0.4) is 0 Å². The van der Waals surface area contributed by atoms with Gasteiger partial charge in [0.15, 0.2) is 0 Å². The number of hydroxylamine groups is 2. The lowest BCUT2D eigenvalue weighted by molar-refractivity contribution is 0.0702. The third-order valence-corrected chi connectivity index (χ3v) is 8.05. The summed E-state index contributed by atoms with van der Waals surface area (Å²) in [6, 6.07) is 36.8. The van der Waals surface area contributed by atoms with E-state index in [9.17, 15) is 9.59 Å². The van der Waals surface area contributed by atoms with Crippen molar-refractivity contribution in [1.29, 1.82) is 0 Å². The van der Waals surface area contributed by atoms with Gasteiger partial charge in [0.1, 0.15) is 0 Å². The van der Waals surface area contributed by atoms with Crippen molar-refractivity contribution in [2.24, 2.45) is 0 Å². The van der Waals surface area contributed by atoms with Gasteiger partial charge in [-0.1, -0.05) is 98.2 Å². The number of halogens is 1. The molecule has 0 radical (unpaired) electrons. The van der Waals surface area contributed by atoms with Gasteiger partial charge in [-0.25, -0.2) is 11.0 Å². The van der Waals surface area contributed by atoms with Crippen molar-refractivity contribution in [1.82, 2.24) is 20.8 Å². The normalized spacial score (nSPS) is 10.3. The van der Waals surface area contributed by atoms with Crippen LogP contribution in [0.4, 0.5) is 5.69 Å². The minimum atomic E-state index is -0.531. The summed E-state index contributed by atoms with van der Waals surface area (Å²) in [4.78, 5) is 31.5. The molecule has 0 aliphatic heterocycles. The number of nitrogens with zero attached hydrogens (tertiary/aromatic N) is 3. The zero-order valence-electron chi connectivity index (χ0n) is 29.0. The number of carbonyl (C=O) groups is 2. The van der Waals surface area contributed by atoms with Crippen molar-refractivity contribution in [2.75, 3.05) is 4.90 Å². The molecule has 1 heterocycles. The van der Waals surface area contributed by atoms with E-state index in [0.29, 0.717) is 30.3 Å². The predicted molar refractivity (Wildman–Crippen MR) is 199 cm³/mol. The van der Waals surface area contributed by atoms with Gasteiger partial charge in [0, 0.05) is 54.6 Å². The lowest BCUT2D eigenvalue weighted by Gasteiger charge is -2.26. The topological polar surface area (TPSA) is 118 Å². The molecule has 0 aliphatic carbocycles. The number of anilines is 1. The quantitative estimate of drug-likeness (QED) is 0.0766. The highest BCUT2D eigenvalue weighted by Crippen LogP contribution is 2.23. The second-order valence-electron chi connectivity index (χ2n) is 11.4. The van der Waals surface area contributed by atoms with Crippen LogP contribution in [-0.4, -0.2) is 38.2 Å². The molecule has 0 atom stereocenters. The van der Waals surface area contributed by atoms with E-state index in [1.165, 1.54) is 5.56 Å². The van der Waals surface area contributed by atoms with E-state index >= 15 is 0 Å². The number of hydrogen-bond acceptors (Lipinski definition) is 7. The minimum absolute atomic E-state index is 0.398. The molecule has 10 heteroatoms. The molecule has 0 aliphatic rings. The summed E-state index contributed by atoms with van der Waals surface area (Å²) in [6.07, 6.45) is 3.55. The van der Waals surface area contributed by atoms with Crippen molar-refractivity contribution < 1.29 is 20.0 Å². The number of carbonyl (C=O) groups excluding carboxylic acids is 2. The van der Waals surface area contributed by atoms with Gasteiger partial charge < -0.3 is 4.90 Å². The largest absolute Gasteiger partial charge is 0.362 e. The van der Waals surface area contributed by atoms with E-state index in [1.54, 1.807) is 41.4 Å². The van der Waals surface area contributed by atoms with Gasteiger partial charge in [-0.3, -0.25) is 29.9 Å². The fraction of sp³-hybridized carbons (Fsp3) is 0.225. The summed E-state index contributed by atoms with van der Waals surface area (Å²) < 4.78 is 0. The Kier molecular flexibility index (Phi) is 16.6. The highest BCUT2D eigenvalue weighted by atomic mass is 35.5. The molecule has 2 amide bonds. The standard InChI is InChI=1S/C20H18ClN3O2.C18H22N2O2.C2H6/c21-19-6-2-1-4-17(19)14-24(18-5-3-11-22-12-18)13-15-7-9-16(10-8-15)20(25)23-26;1-14(2)20(12-15-6-4-3-5-7-15)13-16-8-10-17(11-9-16)18(21)19-22;1-2/h1-12,26H,13-14H2,(H,23,25);3-11,14,22H,12-13H2,1-2H3,(H,19,21);1-2H3. The SMILES string of the molecule is CC.CC(C)N(Cc1ccccc1)Cc1ccc(C(=O)NO)cc1.O=C(NO)c1ccc(CN(Cc2ccccc2Cl)c2cccnc2)cc1. The van der Waals surface area contributed by atoms with Crippen LogP contribution in [0.2, 0.25) is 5.02 Å². The first-order chi connectivity index (χ1) is 24.3. The van der Waals surface area contributed by atoms with Gasteiger partial charge in [0.2, 0.25) is 0 Å². The second kappa shape index (κ2) is 21.1. The van der Waals surface area contributed by atoms with E-state index < -0.39 is 11.8 Å². The van der Waals surface area contributed by atoms with Crippen LogP contribution in [0.1, 0.15) is 70.7 Å². The lowest BCUT2D eigenvalue weighted by Crippen LogP contribution is -2.29. The number of nitrogens with one attached hydrogen (secondary N) is 2.